The molecule has 4 heteroatoms. The molecule has 0 aliphatic heterocycles. The van der Waals surface area contributed by atoms with Gasteiger partial charge in [-0.3, -0.25) is 0 Å². The molecule has 2 aromatic carbocycles. The molecule has 0 aliphatic carbocycles. The zero-order valence-electron chi connectivity index (χ0n) is 11.5. The van der Waals surface area contributed by atoms with Gasteiger partial charge in [0, 0.05) is 0 Å². The fraction of sp³-hybridized carbons (Fsp3) is 0.250. The number of halogens is 2. The summed E-state index contributed by atoms with van der Waals surface area (Å²) < 4.78 is 31.9. The van der Waals surface area contributed by atoms with E-state index in [1.807, 2.05) is 13.0 Å². The molecule has 20 heavy (non-hydrogen) atoms. The molecule has 2 aromatic rings. The first-order valence-electron chi connectivity index (χ1n) is 6.48. The van der Waals surface area contributed by atoms with Crippen LogP contribution < -0.4 is 10.1 Å². The van der Waals surface area contributed by atoms with E-state index in [9.17, 15) is 8.78 Å². The van der Waals surface area contributed by atoms with Gasteiger partial charge in [0.1, 0.15) is 5.82 Å². The molecule has 0 aromatic heterocycles. The summed E-state index contributed by atoms with van der Waals surface area (Å²) >= 11 is 0. The number of nitrogens with one attached hydrogen (secondary N) is 1. The van der Waals surface area contributed by atoms with Gasteiger partial charge < -0.3 is 10.1 Å². The molecular formula is C16H17F2NO. The van der Waals surface area contributed by atoms with E-state index >= 15 is 0 Å². The van der Waals surface area contributed by atoms with E-state index in [0.29, 0.717) is 6.54 Å². The molecule has 106 valence electrons. The van der Waals surface area contributed by atoms with Crippen molar-refractivity contribution in [2.45, 2.75) is 13.0 Å². The molecular weight excluding hydrogens is 260 g/mol. The van der Waals surface area contributed by atoms with E-state index in [4.69, 9.17) is 4.74 Å². The fourth-order valence-corrected chi connectivity index (χ4v) is 2.17. The van der Waals surface area contributed by atoms with Gasteiger partial charge in [0.15, 0.2) is 11.6 Å². The predicted octanol–water partition coefficient (Wildman–Crippen LogP) is 3.67. The highest BCUT2D eigenvalue weighted by Gasteiger charge is 2.15. The minimum absolute atomic E-state index is 0.182. The van der Waals surface area contributed by atoms with Crippen LogP contribution in [0.1, 0.15) is 24.1 Å². The van der Waals surface area contributed by atoms with Crippen LogP contribution in [0.15, 0.2) is 42.5 Å². The summed E-state index contributed by atoms with van der Waals surface area (Å²) in [4.78, 5) is 0. The standard InChI is InChI=1S/C16H17F2NO/c1-3-19-16(11-5-4-6-13(17)9-11)12-7-8-14(18)15(10-12)20-2/h4-10,16,19H,3H2,1-2H3. The normalized spacial score (nSPS) is 12.2. The molecule has 0 fully saturated rings. The topological polar surface area (TPSA) is 21.3 Å². The monoisotopic (exact) mass is 277 g/mol. The number of rotatable bonds is 5. The molecule has 0 amide bonds. The molecule has 0 bridgehead atoms. The van der Waals surface area contributed by atoms with Crippen LogP contribution in [0.4, 0.5) is 8.78 Å². The second-order valence-corrected chi connectivity index (χ2v) is 4.44. The molecule has 1 unspecified atom stereocenters. The van der Waals surface area contributed by atoms with Crippen molar-refractivity contribution in [1.82, 2.24) is 5.32 Å². The van der Waals surface area contributed by atoms with Crippen LogP contribution in [-0.2, 0) is 0 Å². The largest absolute Gasteiger partial charge is 0.494 e. The van der Waals surface area contributed by atoms with E-state index in [1.54, 1.807) is 18.2 Å². The van der Waals surface area contributed by atoms with Crippen molar-refractivity contribution >= 4 is 0 Å². The maximum Gasteiger partial charge on any atom is 0.165 e. The van der Waals surface area contributed by atoms with Gasteiger partial charge in [-0.2, -0.15) is 0 Å². The first-order chi connectivity index (χ1) is 9.65. The Hall–Kier alpha value is -1.94. The third kappa shape index (κ3) is 3.14. The molecule has 0 saturated carbocycles. The van der Waals surface area contributed by atoms with Crippen molar-refractivity contribution in [3.05, 3.63) is 65.2 Å². The van der Waals surface area contributed by atoms with Gasteiger partial charge in [-0.25, -0.2) is 8.78 Å². The average molecular weight is 277 g/mol. The summed E-state index contributed by atoms with van der Waals surface area (Å²) in [7, 11) is 1.42. The van der Waals surface area contributed by atoms with Gasteiger partial charge in [-0.1, -0.05) is 25.1 Å². The van der Waals surface area contributed by atoms with Crippen molar-refractivity contribution in [2.75, 3.05) is 13.7 Å². The Kier molecular flexibility index (Phi) is 4.69. The maximum atomic E-state index is 13.5. The van der Waals surface area contributed by atoms with Gasteiger partial charge in [0.2, 0.25) is 0 Å². The molecule has 2 nitrogen and oxygen atoms in total. The van der Waals surface area contributed by atoms with Crippen LogP contribution in [0, 0.1) is 11.6 Å². The molecule has 0 radical (unpaired) electrons. The first kappa shape index (κ1) is 14.5. The van der Waals surface area contributed by atoms with Gasteiger partial charge in [0.25, 0.3) is 0 Å². The molecule has 1 atom stereocenters. The molecule has 1 N–H and O–H groups in total. The van der Waals surface area contributed by atoms with Gasteiger partial charge in [0.05, 0.1) is 13.2 Å². The van der Waals surface area contributed by atoms with E-state index in [-0.39, 0.29) is 17.6 Å². The summed E-state index contributed by atoms with van der Waals surface area (Å²) in [6.45, 7) is 2.67. The molecule has 0 saturated heterocycles. The Balaban J connectivity index is 2.42. The van der Waals surface area contributed by atoms with E-state index in [0.717, 1.165) is 11.1 Å². The average Bonchev–Trinajstić information content (AvgIpc) is 2.45. The quantitative estimate of drug-likeness (QED) is 0.900. The Bertz CT molecular complexity index is 586. The molecule has 0 heterocycles. The van der Waals surface area contributed by atoms with Crippen LogP contribution in [0.25, 0.3) is 0 Å². The van der Waals surface area contributed by atoms with Crippen molar-refractivity contribution in [3.63, 3.8) is 0 Å². The number of methoxy groups -OCH3 is 1. The first-order valence-corrected chi connectivity index (χ1v) is 6.48. The highest BCUT2D eigenvalue weighted by Crippen LogP contribution is 2.27. The highest BCUT2D eigenvalue weighted by molar-refractivity contribution is 5.37. The second kappa shape index (κ2) is 6.48. The Labute approximate surface area is 117 Å². The number of hydrogen-bond donors (Lipinski definition) is 1. The minimum Gasteiger partial charge on any atom is -0.494 e. The summed E-state index contributed by atoms with van der Waals surface area (Å²) in [5, 5.41) is 3.27. The zero-order chi connectivity index (χ0) is 14.5. The van der Waals surface area contributed by atoms with Crippen LogP contribution >= 0.6 is 0 Å². The Morgan fingerprint density at radius 1 is 1.10 bits per heavy atom. The van der Waals surface area contributed by atoms with Crippen molar-refractivity contribution in [1.29, 1.82) is 0 Å². The molecule has 0 spiro atoms. The van der Waals surface area contributed by atoms with Crippen molar-refractivity contribution in [3.8, 4) is 5.75 Å². The number of benzene rings is 2. The smallest absolute Gasteiger partial charge is 0.165 e. The molecule has 2 rings (SSSR count). The third-order valence-corrected chi connectivity index (χ3v) is 3.10. The summed E-state index contributed by atoms with van der Waals surface area (Å²) in [6, 6.07) is 10.8. The predicted molar refractivity (Wildman–Crippen MR) is 74.9 cm³/mol. The Morgan fingerprint density at radius 3 is 2.50 bits per heavy atom. The maximum absolute atomic E-state index is 13.5. The summed E-state index contributed by atoms with van der Waals surface area (Å²) in [5.41, 5.74) is 1.62. The minimum atomic E-state index is -0.411. The Morgan fingerprint density at radius 2 is 1.85 bits per heavy atom. The lowest BCUT2D eigenvalue weighted by Gasteiger charge is -2.19. The van der Waals surface area contributed by atoms with E-state index in [2.05, 4.69) is 5.32 Å². The van der Waals surface area contributed by atoms with Crippen LogP contribution in [0.2, 0.25) is 0 Å². The van der Waals surface area contributed by atoms with Gasteiger partial charge in [-0.15, -0.1) is 0 Å². The zero-order valence-corrected chi connectivity index (χ0v) is 11.5. The molecule has 0 aliphatic rings. The summed E-state index contributed by atoms with van der Waals surface area (Å²) in [5.74, 6) is -0.521. The van der Waals surface area contributed by atoms with E-state index in [1.165, 1.54) is 25.3 Å². The van der Waals surface area contributed by atoms with Gasteiger partial charge in [-0.05, 0) is 41.9 Å². The van der Waals surface area contributed by atoms with Crippen molar-refractivity contribution in [2.24, 2.45) is 0 Å². The van der Waals surface area contributed by atoms with Crippen LogP contribution in [0.3, 0.4) is 0 Å². The van der Waals surface area contributed by atoms with Crippen molar-refractivity contribution < 1.29 is 13.5 Å². The lowest BCUT2D eigenvalue weighted by molar-refractivity contribution is 0.385. The second-order valence-electron chi connectivity index (χ2n) is 4.44. The fourth-order valence-electron chi connectivity index (χ4n) is 2.17. The van der Waals surface area contributed by atoms with Crippen LogP contribution in [-0.4, -0.2) is 13.7 Å². The van der Waals surface area contributed by atoms with Gasteiger partial charge >= 0.3 is 0 Å². The number of hydrogen-bond acceptors (Lipinski definition) is 2. The lowest BCUT2D eigenvalue weighted by atomic mass is 9.98. The van der Waals surface area contributed by atoms with Crippen LogP contribution in [0.5, 0.6) is 5.75 Å². The third-order valence-electron chi connectivity index (χ3n) is 3.10. The lowest BCUT2D eigenvalue weighted by Crippen LogP contribution is -2.22. The highest BCUT2D eigenvalue weighted by atomic mass is 19.1. The SMILES string of the molecule is CCNC(c1cccc(F)c1)c1ccc(F)c(OC)c1. The number of ether oxygens (including phenoxy) is 1. The summed E-state index contributed by atoms with van der Waals surface area (Å²) in [6.07, 6.45) is 0. The van der Waals surface area contributed by atoms with E-state index < -0.39 is 5.82 Å².